The van der Waals surface area contributed by atoms with Crippen molar-refractivity contribution in [2.24, 2.45) is 5.16 Å². The Morgan fingerprint density at radius 3 is 2.81 bits per heavy atom. The van der Waals surface area contributed by atoms with Crippen LogP contribution in [-0.4, -0.2) is 57.9 Å². The molecule has 0 saturated carbocycles. The standard InChI is InChI=1S/C24H26N4O4/c1-16-13-27(14-17(2)31-16)8-9-30-19-5-6-23-20(11-19)21(26-29)12-24(32-23)22-10-18-4-3-7-28(18)15-25-22/h3-7,10-12,15-17,29H,8-9,13-14H2,1-2H3. The van der Waals surface area contributed by atoms with E-state index in [1.54, 1.807) is 12.4 Å². The molecule has 0 amide bonds. The van der Waals surface area contributed by atoms with E-state index in [1.807, 2.05) is 47.0 Å². The molecule has 1 aliphatic rings. The molecule has 0 radical (unpaired) electrons. The van der Waals surface area contributed by atoms with Crippen LogP contribution in [0.3, 0.4) is 0 Å². The van der Waals surface area contributed by atoms with Crippen molar-refractivity contribution in [2.75, 3.05) is 26.2 Å². The molecule has 2 atom stereocenters. The molecule has 1 saturated heterocycles. The van der Waals surface area contributed by atoms with Gasteiger partial charge in [-0.3, -0.25) is 4.90 Å². The van der Waals surface area contributed by atoms with Crippen molar-refractivity contribution in [1.82, 2.24) is 14.3 Å². The number of fused-ring (bicyclic) bond motifs is 2. The van der Waals surface area contributed by atoms with Gasteiger partial charge in [-0.1, -0.05) is 5.16 Å². The summed E-state index contributed by atoms with van der Waals surface area (Å²) in [6.07, 6.45) is 4.13. The van der Waals surface area contributed by atoms with Gasteiger partial charge in [0.2, 0.25) is 0 Å². The van der Waals surface area contributed by atoms with Crippen LogP contribution in [0.2, 0.25) is 0 Å². The first-order chi connectivity index (χ1) is 15.6. The van der Waals surface area contributed by atoms with Gasteiger partial charge in [0.05, 0.1) is 23.9 Å². The van der Waals surface area contributed by atoms with Gasteiger partial charge >= 0.3 is 0 Å². The summed E-state index contributed by atoms with van der Waals surface area (Å²) in [5.74, 6) is 1.23. The van der Waals surface area contributed by atoms with E-state index in [-0.39, 0.29) is 12.2 Å². The third-order valence-corrected chi connectivity index (χ3v) is 5.66. The van der Waals surface area contributed by atoms with Crippen molar-refractivity contribution in [2.45, 2.75) is 26.1 Å². The number of hydrogen-bond acceptors (Lipinski definition) is 7. The molecule has 8 nitrogen and oxygen atoms in total. The fraction of sp³-hybridized carbons (Fsp3) is 0.333. The molecular weight excluding hydrogens is 408 g/mol. The summed E-state index contributed by atoms with van der Waals surface area (Å²) in [5.41, 5.74) is 2.26. The highest BCUT2D eigenvalue weighted by atomic mass is 16.5. The molecule has 4 heterocycles. The molecular formula is C24H26N4O4. The molecule has 2 unspecified atom stereocenters. The molecule has 0 aliphatic carbocycles. The van der Waals surface area contributed by atoms with E-state index in [0.29, 0.717) is 40.1 Å². The third-order valence-electron chi connectivity index (χ3n) is 5.66. The Morgan fingerprint density at radius 1 is 1.16 bits per heavy atom. The van der Waals surface area contributed by atoms with Crippen molar-refractivity contribution >= 4 is 16.5 Å². The average molecular weight is 434 g/mol. The molecule has 0 bridgehead atoms. The van der Waals surface area contributed by atoms with E-state index in [0.717, 1.165) is 25.2 Å². The number of rotatable bonds is 5. The zero-order valence-corrected chi connectivity index (χ0v) is 18.1. The summed E-state index contributed by atoms with van der Waals surface area (Å²) in [5, 5.41) is 14.2. The van der Waals surface area contributed by atoms with Gasteiger partial charge in [0.1, 0.15) is 29.0 Å². The van der Waals surface area contributed by atoms with Gasteiger partial charge in [0.25, 0.3) is 0 Å². The van der Waals surface area contributed by atoms with Gasteiger partial charge in [-0.15, -0.1) is 0 Å². The van der Waals surface area contributed by atoms with Crippen LogP contribution < -0.4 is 10.1 Å². The first-order valence-corrected chi connectivity index (χ1v) is 10.8. The Kier molecular flexibility index (Phi) is 5.55. The smallest absolute Gasteiger partial charge is 0.155 e. The lowest BCUT2D eigenvalue weighted by atomic mass is 10.2. The second-order valence-corrected chi connectivity index (χ2v) is 8.23. The molecule has 8 heteroatoms. The maximum Gasteiger partial charge on any atom is 0.155 e. The van der Waals surface area contributed by atoms with E-state index in [9.17, 15) is 5.21 Å². The number of hydrogen-bond donors (Lipinski definition) is 1. The topological polar surface area (TPSA) is 84.7 Å². The van der Waals surface area contributed by atoms with Crippen LogP contribution in [0.25, 0.3) is 27.9 Å². The van der Waals surface area contributed by atoms with E-state index < -0.39 is 0 Å². The van der Waals surface area contributed by atoms with Crippen molar-refractivity contribution in [1.29, 1.82) is 0 Å². The number of benzene rings is 1. The zero-order chi connectivity index (χ0) is 22.1. The maximum atomic E-state index is 9.63. The number of morpholine rings is 1. The first kappa shape index (κ1) is 20.5. The molecule has 3 aromatic heterocycles. The van der Waals surface area contributed by atoms with Crippen LogP contribution in [0.4, 0.5) is 0 Å². The highest BCUT2D eigenvalue weighted by Crippen LogP contribution is 2.24. The second-order valence-electron chi connectivity index (χ2n) is 8.23. The van der Waals surface area contributed by atoms with Crippen LogP contribution >= 0.6 is 0 Å². The lowest BCUT2D eigenvalue weighted by molar-refractivity contribution is -0.0699. The van der Waals surface area contributed by atoms with Crippen molar-refractivity contribution in [3.63, 3.8) is 0 Å². The Bertz CT molecular complexity index is 1300. The lowest BCUT2D eigenvalue weighted by Gasteiger charge is -2.35. The first-order valence-electron chi connectivity index (χ1n) is 10.8. The molecule has 1 fully saturated rings. The Balaban J connectivity index is 1.36. The minimum atomic E-state index is 0.233. The normalized spacial score (nSPS) is 20.2. The predicted octanol–water partition coefficient (Wildman–Crippen LogP) is 3.53. The van der Waals surface area contributed by atoms with Crippen LogP contribution in [-0.2, 0) is 4.74 Å². The summed E-state index contributed by atoms with van der Waals surface area (Å²) in [7, 11) is 0. The molecule has 0 spiro atoms. The van der Waals surface area contributed by atoms with Gasteiger partial charge in [0.15, 0.2) is 5.76 Å². The summed E-state index contributed by atoms with van der Waals surface area (Å²) in [6, 6.07) is 13.1. The van der Waals surface area contributed by atoms with Crippen molar-refractivity contribution in [3.05, 3.63) is 60.3 Å². The second kappa shape index (κ2) is 8.64. The monoisotopic (exact) mass is 434 g/mol. The minimum absolute atomic E-state index is 0.233. The average Bonchev–Trinajstić information content (AvgIpc) is 3.25. The fourth-order valence-corrected chi connectivity index (χ4v) is 4.28. The van der Waals surface area contributed by atoms with Crippen LogP contribution in [0, 0.1) is 0 Å². The van der Waals surface area contributed by atoms with Crippen LogP contribution in [0.5, 0.6) is 5.75 Å². The van der Waals surface area contributed by atoms with E-state index in [4.69, 9.17) is 13.9 Å². The molecule has 32 heavy (non-hydrogen) atoms. The summed E-state index contributed by atoms with van der Waals surface area (Å²) < 4.78 is 19.8. The van der Waals surface area contributed by atoms with E-state index >= 15 is 0 Å². The Morgan fingerprint density at radius 2 is 2.00 bits per heavy atom. The van der Waals surface area contributed by atoms with Gasteiger partial charge < -0.3 is 23.5 Å². The molecule has 166 valence electrons. The largest absolute Gasteiger partial charge is 0.492 e. The summed E-state index contributed by atoms with van der Waals surface area (Å²) >= 11 is 0. The SMILES string of the molecule is CC1CN(CCOc2ccc3oc(-c4cc5cccn5cn4)cc(=NO)c3c2)CC(C)O1. The number of nitrogens with zero attached hydrogens (tertiary/aromatic N) is 4. The number of ether oxygens (including phenoxy) is 2. The molecule has 5 rings (SSSR count). The summed E-state index contributed by atoms with van der Waals surface area (Å²) in [6.45, 7) is 7.39. The van der Waals surface area contributed by atoms with Gasteiger partial charge in [-0.05, 0) is 50.2 Å². The highest BCUT2D eigenvalue weighted by molar-refractivity contribution is 5.80. The summed E-state index contributed by atoms with van der Waals surface area (Å²) in [4.78, 5) is 6.80. The van der Waals surface area contributed by atoms with Gasteiger partial charge in [0, 0.05) is 37.4 Å². The predicted molar refractivity (Wildman–Crippen MR) is 120 cm³/mol. The quantitative estimate of drug-likeness (QED) is 0.382. The zero-order valence-electron chi connectivity index (χ0n) is 18.1. The Labute approximate surface area is 185 Å². The minimum Gasteiger partial charge on any atom is -0.492 e. The van der Waals surface area contributed by atoms with Crippen molar-refractivity contribution in [3.8, 4) is 17.2 Å². The van der Waals surface area contributed by atoms with Crippen molar-refractivity contribution < 1.29 is 19.1 Å². The van der Waals surface area contributed by atoms with Crippen LogP contribution in [0.1, 0.15) is 13.8 Å². The molecule has 4 aromatic rings. The Hall–Kier alpha value is -3.36. The van der Waals surface area contributed by atoms with E-state index in [2.05, 4.69) is 28.9 Å². The molecule has 1 aromatic carbocycles. The maximum absolute atomic E-state index is 9.63. The molecule has 1 aliphatic heterocycles. The van der Waals surface area contributed by atoms with Crippen LogP contribution in [0.15, 0.2) is 64.6 Å². The highest BCUT2D eigenvalue weighted by Gasteiger charge is 2.21. The fourth-order valence-electron chi connectivity index (χ4n) is 4.28. The van der Waals surface area contributed by atoms with Gasteiger partial charge in [-0.25, -0.2) is 4.98 Å². The number of aromatic nitrogens is 2. The third kappa shape index (κ3) is 4.19. The molecule has 1 N–H and O–H groups in total. The van der Waals surface area contributed by atoms with E-state index in [1.165, 1.54) is 0 Å². The van der Waals surface area contributed by atoms with Gasteiger partial charge in [-0.2, -0.15) is 0 Å². The lowest BCUT2D eigenvalue weighted by Crippen LogP contribution is -2.46.